The Labute approximate surface area is 149 Å². The Bertz CT molecular complexity index is 764. The Morgan fingerprint density at radius 1 is 1.16 bits per heavy atom. The number of fused-ring (bicyclic) bond motifs is 1. The molecule has 0 saturated heterocycles. The van der Waals surface area contributed by atoms with Crippen molar-refractivity contribution >= 4 is 5.91 Å². The molecular weight excluding hydrogens is 310 g/mol. The first-order valence-corrected chi connectivity index (χ1v) is 8.90. The van der Waals surface area contributed by atoms with Crippen molar-refractivity contribution in [1.29, 1.82) is 5.26 Å². The van der Waals surface area contributed by atoms with Crippen LogP contribution in [-0.4, -0.2) is 22.3 Å². The Hall–Kier alpha value is -2.67. The highest BCUT2D eigenvalue weighted by atomic mass is 16.2. The number of pyridine rings is 1. The Morgan fingerprint density at radius 3 is 2.76 bits per heavy atom. The van der Waals surface area contributed by atoms with Gasteiger partial charge in [-0.1, -0.05) is 24.3 Å². The molecule has 25 heavy (non-hydrogen) atoms. The lowest BCUT2D eigenvalue weighted by Crippen LogP contribution is -2.32. The van der Waals surface area contributed by atoms with Crippen molar-refractivity contribution < 1.29 is 4.79 Å². The molecule has 2 aromatic rings. The Balaban J connectivity index is 1.70. The topological polar surface area (TPSA) is 57.0 Å². The third-order valence-corrected chi connectivity index (χ3v) is 4.71. The second kappa shape index (κ2) is 8.43. The first kappa shape index (κ1) is 17.2. The third-order valence-electron chi connectivity index (χ3n) is 4.71. The van der Waals surface area contributed by atoms with Crippen LogP contribution in [0, 0.1) is 11.3 Å². The smallest absolute Gasteiger partial charge is 0.227 e. The van der Waals surface area contributed by atoms with Crippen LogP contribution in [-0.2, 0) is 30.6 Å². The van der Waals surface area contributed by atoms with Gasteiger partial charge in [0.2, 0.25) is 5.91 Å². The molecule has 0 fully saturated rings. The van der Waals surface area contributed by atoms with E-state index in [1.165, 1.54) is 24.0 Å². The number of benzene rings is 1. The van der Waals surface area contributed by atoms with Crippen molar-refractivity contribution in [3.8, 4) is 6.07 Å². The molecule has 1 aliphatic carbocycles. The summed E-state index contributed by atoms with van der Waals surface area (Å²) in [5, 5.41) is 8.88. The normalized spacial score (nSPS) is 12.9. The molecule has 1 aromatic carbocycles. The minimum Gasteiger partial charge on any atom is -0.337 e. The summed E-state index contributed by atoms with van der Waals surface area (Å²) in [6.45, 7) is 0.953. The zero-order valence-corrected chi connectivity index (χ0v) is 14.4. The molecule has 1 heterocycles. The molecule has 1 aromatic heterocycles. The molecule has 128 valence electrons. The fourth-order valence-corrected chi connectivity index (χ4v) is 3.37. The first-order chi connectivity index (χ1) is 12.3. The first-order valence-electron chi connectivity index (χ1n) is 8.90. The number of hydrogen-bond acceptors (Lipinski definition) is 3. The van der Waals surface area contributed by atoms with Crippen molar-refractivity contribution in [2.75, 3.05) is 6.54 Å². The molecule has 0 atom stereocenters. The van der Waals surface area contributed by atoms with Crippen molar-refractivity contribution in [3.63, 3.8) is 0 Å². The maximum absolute atomic E-state index is 12.8. The minimum absolute atomic E-state index is 0.0647. The number of nitriles is 1. The van der Waals surface area contributed by atoms with Crippen LogP contribution >= 0.6 is 0 Å². The van der Waals surface area contributed by atoms with E-state index in [4.69, 9.17) is 5.26 Å². The number of nitrogens with zero attached hydrogens (tertiary/aromatic N) is 3. The standard InChI is InChI=1S/C21H23N3O/c22-10-4-12-24(16-18-5-3-11-23-15-18)21(25)14-17-8-9-19-6-1-2-7-20(19)13-17/h3,5,8-9,11,13,15H,1-2,4,6-7,12,14,16H2. The molecule has 1 amide bonds. The SMILES string of the molecule is N#CCCN(Cc1cccnc1)C(=O)Cc1ccc2c(c1)CCCC2. The molecule has 0 bridgehead atoms. The van der Waals surface area contributed by atoms with E-state index in [2.05, 4.69) is 29.3 Å². The van der Waals surface area contributed by atoms with E-state index < -0.39 is 0 Å². The maximum Gasteiger partial charge on any atom is 0.227 e. The van der Waals surface area contributed by atoms with E-state index in [9.17, 15) is 4.79 Å². The van der Waals surface area contributed by atoms with Crippen LogP contribution in [0.2, 0.25) is 0 Å². The zero-order valence-electron chi connectivity index (χ0n) is 14.4. The van der Waals surface area contributed by atoms with Gasteiger partial charge in [0.15, 0.2) is 0 Å². The summed E-state index contributed by atoms with van der Waals surface area (Å²) in [7, 11) is 0. The second-order valence-electron chi connectivity index (χ2n) is 6.57. The summed E-state index contributed by atoms with van der Waals surface area (Å²) < 4.78 is 0. The van der Waals surface area contributed by atoms with E-state index in [1.54, 1.807) is 17.3 Å². The lowest BCUT2D eigenvalue weighted by molar-refractivity contribution is -0.131. The van der Waals surface area contributed by atoms with E-state index in [0.717, 1.165) is 24.0 Å². The largest absolute Gasteiger partial charge is 0.337 e. The molecule has 0 saturated carbocycles. The fraction of sp³-hybridized carbons (Fsp3) is 0.381. The van der Waals surface area contributed by atoms with Gasteiger partial charge in [-0.2, -0.15) is 5.26 Å². The summed E-state index contributed by atoms with van der Waals surface area (Å²) >= 11 is 0. The average molecular weight is 333 g/mol. The number of aryl methyl sites for hydroxylation is 2. The molecule has 0 unspecified atom stereocenters. The molecule has 3 rings (SSSR count). The average Bonchev–Trinajstić information content (AvgIpc) is 2.65. The van der Waals surface area contributed by atoms with E-state index in [1.807, 2.05) is 12.1 Å². The lowest BCUT2D eigenvalue weighted by Gasteiger charge is -2.22. The van der Waals surface area contributed by atoms with Crippen molar-refractivity contribution in [2.45, 2.75) is 45.1 Å². The van der Waals surface area contributed by atoms with E-state index >= 15 is 0 Å². The van der Waals surface area contributed by atoms with E-state index in [-0.39, 0.29) is 5.91 Å². The highest BCUT2D eigenvalue weighted by Crippen LogP contribution is 2.22. The highest BCUT2D eigenvalue weighted by Gasteiger charge is 2.16. The molecule has 0 aliphatic heterocycles. The summed E-state index contributed by atoms with van der Waals surface area (Å²) in [4.78, 5) is 18.7. The maximum atomic E-state index is 12.8. The van der Waals surface area contributed by atoms with Gasteiger partial charge in [-0.25, -0.2) is 0 Å². The number of rotatable bonds is 6. The summed E-state index contributed by atoms with van der Waals surface area (Å²) in [5.41, 5.74) is 4.88. The van der Waals surface area contributed by atoms with Crippen molar-refractivity contribution in [3.05, 3.63) is 65.0 Å². The van der Waals surface area contributed by atoms with Crippen LogP contribution in [0.5, 0.6) is 0 Å². The number of amides is 1. The van der Waals surface area contributed by atoms with Gasteiger partial charge < -0.3 is 4.90 Å². The summed E-state index contributed by atoms with van der Waals surface area (Å²) in [6.07, 6.45) is 8.99. The quantitative estimate of drug-likeness (QED) is 0.813. The number of aromatic nitrogens is 1. The van der Waals surface area contributed by atoms with Crippen LogP contribution in [0.3, 0.4) is 0 Å². The van der Waals surface area contributed by atoms with Crippen LogP contribution in [0.25, 0.3) is 0 Å². The van der Waals surface area contributed by atoms with Crippen molar-refractivity contribution in [1.82, 2.24) is 9.88 Å². The van der Waals surface area contributed by atoms with Gasteiger partial charge in [0.05, 0.1) is 18.9 Å². The summed E-state index contributed by atoms with van der Waals surface area (Å²) in [5.74, 6) is 0.0647. The number of carbonyl (C=O) groups excluding carboxylic acids is 1. The molecule has 0 spiro atoms. The third kappa shape index (κ3) is 4.67. The van der Waals surface area contributed by atoms with Gasteiger partial charge in [-0.05, 0) is 54.0 Å². The predicted octanol–water partition coefficient (Wildman–Crippen LogP) is 3.45. The van der Waals surface area contributed by atoms with Gasteiger partial charge in [0.1, 0.15) is 0 Å². The Morgan fingerprint density at radius 2 is 2.00 bits per heavy atom. The molecule has 1 aliphatic rings. The molecular formula is C21H23N3O. The van der Waals surface area contributed by atoms with E-state index in [0.29, 0.717) is 25.9 Å². The van der Waals surface area contributed by atoms with Crippen molar-refractivity contribution in [2.24, 2.45) is 0 Å². The predicted molar refractivity (Wildman–Crippen MR) is 96.7 cm³/mol. The van der Waals surface area contributed by atoms with Crippen LogP contribution in [0.4, 0.5) is 0 Å². The second-order valence-corrected chi connectivity index (χ2v) is 6.57. The summed E-state index contributed by atoms with van der Waals surface area (Å²) in [6, 6.07) is 12.4. The fourth-order valence-electron chi connectivity index (χ4n) is 3.37. The molecule has 0 N–H and O–H groups in total. The number of hydrogen-bond donors (Lipinski definition) is 0. The van der Waals surface area contributed by atoms with Gasteiger partial charge in [0.25, 0.3) is 0 Å². The lowest BCUT2D eigenvalue weighted by atomic mass is 9.90. The van der Waals surface area contributed by atoms with Gasteiger partial charge in [-0.3, -0.25) is 9.78 Å². The zero-order chi connectivity index (χ0) is 17.5. The molecule has 4 nitrogen and oxygen atoms in total. The monoisotopic (exact) mass is 333 g/mol. The van der Waals surface area contributed by atoms with Gasteiger partial charge >= 0.3 is 0 Å². The van der Waals surface area contributed by atoms with Crippen LogP contribution in [0.15, 0.2) is 42.7 Å². The van der Waals surface area contributed by atoms with Gasteiger partial charge in [-0.15, -0.1) is 0 Å². The van der Waals surface area contributed by atoms with Gasteiger partial charge in [0, 0.05) is 25.5 Å². The number of carbonyl (C=O) groups is 1. The highest BCUT2D eigenvalue weighted by molar-refractivity contribution is 5.79. The minimum atomic E-state index is 0.0647. The molecule has 4 heteroatoms. The van der Waals surface area contributed by atoms with Crippen LogP contribution < -0.4 is 0 Å². The Kier molecular flexibility index (Phi) is 5.79. The molecule has 0 radical (unpaired) electrons. The van der Waals surface area contributed by atoms with Crippen LogP contribution in [0.1, 0.15) is 41.5 Å².